The van der Waals surface area contributed by atoms with Crippen molar-refractivity contribution in [3.63, 3.8) is 0 Å². The van der Waals surface area contributed by atoms with Crippen molar-refractivity contribution in [3.8, 4) is 0 Å². The normalized spacial score (nSPS) is 16.1. The van der Waals surface area contributed by atoms with E-state index < -0.39 is 0 Å². The fourth-order valence-corrected chi connectivity index (χ4v) is 2.89. The van der Waals surface area contributed by atoms with Crippen molar-refractivity contribution in [1.82, 2.24) is 10.2 Å². The van der Waals surface area contributed by atoms with E-state index in [4.69, 9.17) is 0 Å². The number of hydrogen-bond donors (Lipinski definition) is 1. The first-order valence-corrected chi connectivity index (χ1v) is 8.46. The molecule has 0 bridgehead atoms. The highest BCUT2D eigenvalue weighted by atomic mass is 19.1. The van der Waals surface area contributed by atoms with Gasteiger partial charge in [-0.15, -0.1) is 0 Å². The van der Waals surface area contributed by atoms with Crippen molar-refractivity contribution >= 4 is 5.91 Å². The molecule has 1 aromatic carbocycles. The van der Waals surface area contributed by atoms with Crippen LogP contribution in [0.1, 0.15) is 44.6 Å². The van der Waals surface area contributed by atoms with E-state index in [0.29, 0.717) is 13.1 Å². The summed E-state index contributed by atoms with van der Waals surface area (Å²) in [6.07, 6.45) is 8.17. The molecule has 0 aliphatic heterocycles. The fourth-order valence-electron chi connectivity index (χ4n) is 2.89. The van der Waals surface area contributed by atoms with Gasteiger partial charge in [-0.05, 0) is 63.8 Å². The zero-order valence-corrected chi connectivity index (χ0v) is 14.1. The molecule has 0 radical (unpaired) electrons. The molecule has 1 aliphatic carbocycles. The number of rotatable bonds is 7. The molecule has 4 heteroatoms. The molecule has 0 fully saturated rings. The number of halogens is 1. The summed E-state index contributed by atoms with van der Waals surface area (Å²) in [5.41, 5.74) is 2.34. The predicted molar refractivity (Wildman–Crippen MR) is 91.5 cm³/mol. The molecule has 2 rings (SSSR count). The van der Waals surface area contributed by atoms with Crippen LogP contribution in [0.25, 0.3) is 0 Å². The van der Waals surface area contributed by atoms with Gasteiger partial charge in [0.1, 0.15) is 5.82 Å². The quantitative estimate of drug-likeness (QED) is 0.778. The smallest absolute Gasteiger partial charge is 0.237 e. The Labute approximate surface area is 138 Å². The summed E-state index contributed by atoms with van der Waals surface area (Å²) in [5.74, 6) is -0.214. The second-order valence-corrected chi connectivity index (χ2v) is 6.37. The van der Waals surface area contributed by atoms with E-state index in [1.54, 1.807) is 6.07 Å². The topological polar surface area (TPSA) is 32.3 Å². The molecule has 1 aliphatic rings. The third kappa shape index (κ3) is 5.79. The molecule has 3 nitrogen and oxygen atoms in total. The van der Waals surface area contributed by atoms with Crippen LogP contribution in [-0.4, -0.2) is 30.4 Å². The third-order valence-electron chi connectivity index (χ3n) is 4.49. The lowest BCUT2D eigenvalue weighted by Crippen LogP contribution is -2.43. The minimum atomic E-state index is -0.242. The lowest BCUT2D eigenvalue weighted by molar-refractivity contribution is -0.125. The lowest BCUT2D eigenvalue weighted by Gasteiger charge is -2.24. The standard InChI is InChI=1S/C19H27FN2O/c1-15(22(2)14-17-9-6-10-18(20)13-17)19(23)21-12-11-16-7-4-3-5-8-16/h6-7,9-10,13,15H,3-5,8,11-12,14H2,1-2H3,(H,21,23)/t15-/m0/s1. The van der Waals surface area contributed by atoms with Crippen LogP contribution < -0.4 is 5.32 Å². The van der Waals surface area contributed by atoms with Crippen molar-refractivity contribution < 1.29 is 9.18 Å². The maximum atomic E-state index is 13.2. The third-order valence-corrected chi connectivity index (χ3v) is 4.49. The Bertz CT molecular complexity index is 556. The number of nitrogens with one attached hydrogen (secondary N) is 1. The minimum absolute atomic E-state index is 0.0281. The van der Waals surface area contributed by atoms with Crippen LogP contribution >= 0.6 is 0 Å². The fraction of sp³-hybridized carbons (Fsp3) is 0.526. The van der Waals surface area contributed by atoms with Crippen LogP contribution in [0.2, 0.25) is 0 Å². The Hall–Kier alpha value is -1.68. The molecule has 0 spiro atoms. The van der Waals surface area contributed by atoms with Gasteiger partial charge in [0.15, 0.2) is 0 Å². The molecular formula is C19H27FN2O. The van der Waals surface area contributed by atoms with Crippen molar-refractivity contribution in [2.75, 3.05) is 13.6 Å². The zero-order valence-electron chi connectivity index (χ0n) is 14.1. The zero-order chi connectivity index (χ0) is 16.7. The molecule has 1 N–H and O–H groups in total. The van der Waals surface area contributed by atoms with E-state index in [0.717, 1.165) is 12.0 Å². The molecule has 23 heavy (non-hydrogen) atoms. The molecule has 1 aromatic rings. The highest BCUT2D eigenvalue weighted by Gasteiger charge is 2.18. The molecular weight excluding hydrogens is 291 g/mol. The van der Waals surface area contributed by atoms with Gasteiger partial charge in [0.2, 0.25) is 5.91 Å². The van der Waals surface area contributed by atoms with Crippen LogP contribution in [0.3, 0.4) is 0 Å². The van der Waals surface area contributed by atoms with Gasteiger partial charge in [-0.25, -0.2) is 4.39 Å². The highest BCUT2D eigenvalue weighted by Crippen LogP contribution is 2.19. The Kier molecular flexibility index (Phi) is 6.78. The van der Waals surface area contributed by atoms with E-state index in [1.165, 1.54) is 43.4 Å². The maximum Gasteiger partial charge on any atom is 0.237 e. The number of allylic oxidation sites excluding steroid dienone is 1. The van der Waals surface area contributed by atoms with Crippen LogP contribution in [0.5, 0.6) is 0 Å². The van der Waals surface area contributed by atoms with Gasteiger partial charge in [0.25, 0.3) is 0 Å². The van der Waals surface area contributed by atoms with Gasteiger partial charge in [-0.2, -0.15) is 0 Å². The molecule has 0 aromatic heterocycles. The van der Waals surface area contributed by atoms with Gasteiger partial charge < -0.3 is 5.32 Å². The molecule has 0 unspecified atom stereocenters. The second kappa shape index (κ2) is 8.82. The average molecular weight is 318 g/mol. The molecule has 1 amide bonds. The first-order chi connectivity index (χ1) is 11.1. The summed E-state index contributed by atoms with van der Waals surface area (Å²) in [7, 11) is 1.89. The summed E-state index contributed by atoms with van der Waals surface area (Å²) < 4.78 is 13.2. The second-order valence-electron chi connectivity index (χ2n) is 6.37. The summed E-state index contributed by atoms with van der Waals surface area (Å²) in [4.78, 5) is 14.2. The van der Waals surface area contributed by atoms with Crippen molar-refractivity contribution in [2.45, 2.75) is 51.6 Å². The number of hydrogen-bond acceptors (Lipinski definition) is 2. The van der Waals surface area contributed by atoms with Gasteiger partial charge in [-0.1, -0.05) is 23.8 Å². The van der Waals surface area contributed by atoms with Crippen molar-refractivity contribution in [3.05, 3.63) is 47.3 Å². The Morgan fingerprint density at radius 1 is 1.39 bits per heavy atom. The van der Waals surface area contributed by atoms with E-state index in [9.17, 15) is 9.18 Å². The van der Waals surface area contributed by atoms with E-state index in [2.05, 4.69) is 11.4 Å². The molecule has 0 saturated heterocycles. The maximum absolute atomic E-state index is 13.2. The van der Waals surface area contributed by atoms with Gasteiger partial charge in [0, 0.05) is 13.1 Å². The molecule has 1 atom stereocenters. The predicted octanol–water partition coefficient (Wildman–Crippen LogP) is 3.65. The Morgan fingerprint density at radius 3 is 2.91 bits per heavy atom. The summed E-state index contributed by atoms with van der Waals surface area (Å²) in [6, 6.07) is 6.27. The highest BCUT2D eigenvalue weighted by molar-refractivity contribution is 5.81. The summed E-state index contributed by atoms with van der Waals surface area (Å²) in [6.45, 7) is 3.13. The molecule has 126 valence electrons. The number of carbonyl (C=O) groups excluding carboxylic acids is 1. The summed E-state index contributed by atoms with van der Waals surface area (Å²) >= 11 is 0. The Morgan fingerprint density at radius 2 is 2.22 bits per heavy atom. The van der Waals surface area contributed by atoms with Crippen LogP contribution in [-0.2, 0) is 11.3 Å². The van der Waals surface area contributed by atoms with Gasteiger partial charge in [-0.3, -0.25) is 9.69 Å². The van der Waals surface area contributed by atoms with Crippen LogP contribution in [0, 0.1) is 5.82 Å². The van der Waals surface area contributed by atoms with Gasteiger partial charge >= 0.3 is 0 Å². The number of amides is 1. The largest absolute Gasteiger partial charge is 0.354 e. The number of likely N-dealkylation sites (N-methyl/N-ethyl adjacent to an activating group) is 1. The van der Waals surface area contributed by atoms with Crippen molar-refractivity contribution in [2.24, 2.45) is 0 Å². The molecule has 0 saturated carbocycles. The first kappa shape index (κ1) is 17.7. The average Bonchev–Trinajstić information content (AvgIpc) is 2.55. The van der Waals surface area contributed by atoms with Crippen LogP contribution in [0.4, 0.5) is 4.39 Å². The minimum Gasteiger partial charge on any atom is -0.354 e. The Balaban J connectivity index is 1.75. The monoisotopic (exact) mass is 318 g/mol. The number of nitrogens with zero attached hydrogens (tertiary/aromatic N) is 1. The van der Waals surface area contributed by atoms with E-state index >= 15 is 0 Å². The lowest BCUT2D eigenvalue weighted by atomic mass is 9.97. The SMILES string of the molecule is C[C@@H](C(=O)NCCC1=CCCCC1)N(C)Cc1cccc(F)c1. The summed E-state index contributed by atoms with van der Waals surface area (Å²) in [5, 5.41) is 3.01. The first-order valence-electron chi connectivity index (χ1n) is 8.46. The number of benzene rings is 1. The van der Waals surface area contributed by atoms with E-state index in [1.807, 2.05) is 24.9 Å². The van der Waals surface area contributed by atoms with Crippen molar-refractivity contribution in [1.29, 1.82) is 0 Å². The molecule has 0 heterocycles. The van der Waals surface area contributed by atoms with Crippen LogP contribution in [0.15, 0.2) is 35.9 Å². The number of carbonyl (C=O) groups is 1. The van der Waals surface area contributed by atoms with E-state index in [-0.39, 0.29) is 17.8 Å². The van der Waals surface area contributed by atoms with Gasteiger partial charge in [0.05, 0.1) is 6.04 Å².